The van der Waals surface area contributed by atoms with Gasteiger partial charge in [0.05, 0.1) is 13.5 Å². The van der Waals surface area contributed by atoms with Crippen LogP contribution in [-0.2, 0) is 17.8 Å². The molecule has 1 aliphatic heterocycles. The molecule has 1 unspecified atom stereocenters. The number of hydrogen-bond acceptors (Lipinski definition) is 3. The minimum absolute atomic E-state index is 0.195. The molecule has 0 aliphatic carbocycles. The van der Waals surface area contributed by atoms with Crippen LogP contribution in [0.25, 0.3) is 0 Å². The maximum absolute atomic E-state index is 13.6. The number of carbonyl (C=O) groups is 1. The lowest BCUT2D eigenvalue weighted by Gasteiger charge is -2.41. The highest BCUT2D eigenvalue weighted by molar-refractivity contribution is 5.79. The summed E-state index contributed by atoms with van der Waals surface area (Å²) in [5, 5.41) is 0. The van der Waals surface area contributed by atoms with Crippen LogP contribution < -0.4 is 4.74 Å². The summed E-state index contributed by atoms with van der Waals surface area (Å²) in [6, 6.07) is 27.7. The van der Waals surface area contributed by atoms with Crippen molar-refractivity contribution in [3.8, 4) is 5.75 Å². The van der Waals surface area contributed by atoms with E-state index in [0.717, 1.165) is 37.2 Å². The largest absolute Gasteiger partial charge is 0.497 e. The van der Waals surface area contributed by atoms with Crippen molar-refractivity contribution in [3.05, 3.63) is 101 Å². The number of rotatable bonds is 8. The number of nitrogens with zero attached hydrogens (tertiary/aromatic N) is 2. The zero-order chi connectivity index (χ0) is 23.9. The third kappa shape index (κ3) is 6.06. The molecule has 1 heterocycles. The van der Waals surface area contributed by atoms with Crippen LogP contribution in [-0.4, -0.2) is 41.9 Å². The van der Waals surface area contributed by atoms with Gasteiger partial charge in [0.2, 0.25) is 5.91 Å². The van der Waals surface area contributed by atoms with Gasteiger partial charge >= 0.3 is 0 Å². The summed E-state index contributed by atoms with van der Waals surface area (Å²) in [4.78, 5) is 18.2. The Morgan fingerprint density at radius 1 is 0.941 bits per heavy atom. The number of amides is 1. The van der Waals surface area contributed by atoms with Gasteiger partial charge in [-0.2, -0.15) is 0 Å². The van der Waals surface area contributed by atoms with E-state index in [9.17, 15) is 4.79 Å². The highest BCUT2D eigenvalue weighted by Crippen LogP contribution is 2.27. The first-order chi connectivity index (χ1) is 16.5. The summed E-state index contributed by atoms with van der Waals surface area (Å²) >= 11 is 0. The Hall–Kier alpha value is -3.11. The Morgan fingerprint density at radius 3 is 2.18 bits per heavy atom. The molecule has 1 amide bonds. The van der Waals surface area contributed by atoms with Crippen molar-refractivity contribution in [1.82, 2.24) is 9.80 Å². The minimum Gasteiger partial charge on any atom is -0.497 e. The zero-order valence-electron chi connectivity index (χ0n) is 20.6. The predicted molar refractivity (Wildman–Crippen MR) is 138 cm³/mol. The van der Waals surface area contributed by atoms with Crippen molar-refractivity contribution in [2.24, 2.45) is 0 Å². The number of hydrogen-bond donors (Lipinski definition) is 0. The fraction of sp³-hybridized carbons (Fsp3) is 0.367. The van der Waals surface area contributed by atoms with E-state index in [2.05, 4.69) is 78.2 Å². The van der Waals surface area contributed by atoms with E-state index in [1.54, 1.807) is 7.11 Å². The molecule has 4 nitrogen and oxygen atoms in total. The van der Waals surface area contributed by atoms with Crippen molar-refractivity contribution in [2.45, 2.75) is 51.7 Å². The first-order valence-electron chi connectivity index (χ1n) is 12.3. The van der Waals surface area contributed by atoms with E-state index in [1.165, 1.54) is 16.7 Å². The van der Waals surface area contributed by atoms with Crippen LogP contribution in [0.5, 0.6) is 5.75 Å². The predicted octanol–water partition coefficient (Wildman–Crippen LogP) is 5.80. The van der Waals surface area contributed by atoms with E-state index in [0.29, 0.717) is 19.0 Å². The third-order valence-corrected chi connectivity index (χ3v) is 7.08. The summed E-state index contributed by atoms with van der Waals surface area (Å²) in [6.45, 7) is 7.05. The van der Waals surface area contributed by atoms with Crippen molar-refractivity contribution < 1.29 is 9.53 Å². The molecule has 1 aliphatic rings. The second-order valence-electron chi connectivity index (χ2n) is 9.39. The van der Waals surface area contributed by atoms with E-state index >= 15 is 0 Å². The summed E-state index contributed by atoms with van der Waals surface area (Å²) in [6.07, 6.45) is 2.41. The number of piperidine rings is 1. The van der Waals surface area contributed by atoms with Crippen LogP contribution in [0.15, 0.2) is 78.9 Å². The molecule has 0 spiro atoms. The molecule has 3 aromatic carbocycles. The quantitative estimate of drug-likeness (QED) is 0.429. The highest BCUT2D eigenvalue weighted by Gasteiger charge is 2.30. The molecular formula is C30H36N2O2. The summed E-state index contributed by atoms with van der Waals surface area (Å²) < 4.78 is 5.27. The topological polar surface area (TPSA) is 32.8 Å². The average Bonchev–Trinajstić information content (AvgIpc) is 2.89. The number of likely N-dealkylation sites (tertiary alicyclic amines) is 1. The summed E-state index contributed by atoms with van der Waals surface area (Å²) in [5.74, 6) is 1.01. The van der Waals surface area contributed by atoms with Gasteiger partial charge in [0, 0.05) is 31.7 Å². The molecule has 3 aromatic rings. The number of carbonyl (C=O) groups excluding carboxylic acids is 1. The van der Waals surface area contributed by atoms with Gasteiger partial charge in [0.25, 0.3) is 0 Å². The normalized spacial score (nSPS) is 15.6. The Morgan fingerprint density at radius 2 is 1.56 bits per heavy atom. The Kier molecular flexibility index (Phi) is 8.02. The Balaban J connectivity index is 1.46. The second kappa shape index (κ2) is 11.3. The lowest BCUT2D eigenvalue weighted by Crippen LogP contribution is -2.48. The lowest BCUT2D eigenvalue weighted by atomic mass is 9.97. The van der Waals surface area contributed by atoms with Gasteiger partial charge in [0.15, 0.2) is 0 Å². The number of methoxy groups -OCH3 is 1. The number of benzene rings is 3. The molecule has 0 radical (unpaired) electrons. The molecule has 1 saturated heterocycles. The monoisotopic (exact) mass is 456 g/mol. The van der Waals surface area contributed by atoms with Crippen LogP contribution in [0, 0.1) is 6.92 Å². The van der Waals surface area contributed by atoms with E-state index < -0.39 is 0 Å². The highest BCUT2D eigenvalue weighted by atomic mass is 16.5. The molecule has 1 fully saturated rings. The Bertz CT molecular complexity index is 1040. The second-order valence-corrected chi connectivity index (χ2v) is 9.39. The molecule has 0 saturated carbocycles. The summed E-state index contributed by atoms with van der Waals surface area (Å²) in [7, 11) is 1.66. The van der Waals surface area contributed by atoms with Gasteiger partial charge in [-0.05, 0) is 55.5 Å². The first-order valence-corrected chi connectivity index (χ1v) is 12.3. The Labute approximate surface area is 204 Å². The van der Waals surface area contributed by atoms with E-state index in [-0.39, 0.29) is 11.9 Å². The van der Waals surface area contributed by atoms with Crippen LogP contribution in [0.2, 0.25) is 0 Å². The van der Waals surface area contributed by atoms with Crippen molar-refractivity contribution in [1.29, 1.82) is 0 Å². The molecule has 4 heteroatoms. The molecule has 178 valence electrons. The maximum atomic E-state index is 13.6. The lowest BCUT2D eigenvalue weighted by molar-refractivity contribution is -0.134. The fourth-order valence-electron chi connectivity index (χ4n) is 4.86. The molecule has 34 heavy (non-hydrogen) atoms. The van der Waals surface area contributed by atoms with Gasteiger partial charge in [-0.1, -0.05) is 72.3 Å². The van der Waals surface area contributed by atoms with Crippen molar-refractivity contribution in [3.63, 3.8) is 0 Å². The molecule has 0 aromatic heterocycles. The zero-order valence-corrected chi connectivity index (χ0v) is 20.6. The maximum Gasteiger partial charge on any atom is 0.227 e. The third-order valence-electron chi connectivity index (χ3n) is 7.08. The van der Waals surface area contributed by atoms with Crippen LogP contribution >= 0.6 is 0 Å². The molecular weight excluding hydrogens is 420 g/mol. The van der Waals surface area contributed by atoms with Crippen molar-refractivity contribution >= 4 is 5.91 Å². The number of aryl methyl sites for hydroxylation is 1. The minimum atomic E-state index is 0.195. The van der Waals surface area contributed by atoms with Gasteiger partial charge in [-0.25, -0.2) is 0 Å². The molecule has 4 rings (SSSR count). The standard InChI is InChI=1S/C30H36N2O2/c1-23-9-11-26(12-10-23)22-32(30(33)21-25-13-15-29(34-3)16-14-25)28-17-19-31(20-18-28)24(2)27-7-5-4-6-8-27/h4-16,24,28H,17-22H2,1-3H3. The van der Waals surface area contributed by atoms with E-state index in [1.807, 2.05) is 24.3 Å². The van der Waals surface area contributed by atoms with Gasteiger partial charge in [0.1, 0.15) is 5.75 Å². The van der Waals surface area contributed by atoms with Crippen LogP contribution in [0.3, 0.4) is 0 Å². The van der Waals surface area contributed by atoms with Gasteiger partial charge in [-0.3, -0.25) is 9.69 Å². The van der Waals surface area contributed by atoms with Crippen molar-refractivity contribution in [2.75, 3.05) is 20.2 Å². The smallest absolute Gasteiger partial charge is 0.227 e. The van der Waals surface area contributed by atoms with Crippen LogP contribution in [0.4, 0.5) is 0 Å². The number of ether oxygens (including phenoxy) is 1. The van der Waals surface area contributed by atoms with Gasteiger partial charge in [-0.15, -0.1) is 0 Å². The molecule has 1 atom stereocenters. The fourth-order valence-corrected chi connectivity index (χ4v) is 4.86. The van der Waals surface area contributed by atoms with Gasteiger partial charge < -0.3 is 9.64 Å². The molecule has 0 N–H and O–H groups in total. The summed E-state index contributed by atoms with van der Waals surface area (Å²) in [5.41, 5.74) is 4.81. The first kappa shape index (κ1) is 24.0. The average molecular weight is 457 g/mol. The van der Waals surface area contributed by atoms with E-state index in [4.69, 9.17) is 4.74 Å². The molecule has 0 bridgehead atoms. The SMILES string of the molecule is COc1ccc(CC(=O)N(Cc2ccc(C)cc2)C2CCN(C(C)c3ccccc3)CC2)cc1. The van der Waals surface area contributed by atoms with Crippen LogP contribution in [0.1, 0.15) is 48.1 Å².